The summed E-state index contributed by atoms with van der Waals surface area (Å²) in [6, 6.07) is 5.58. The monoisotopic (exact) mass is 241 g/mol. The number of aryl methyl sites for hydroxylation is 1. The smallest absolute Gasteiger partial charge is 0.307 e. The maximum Gasteiger partial charge on any atom is 0.307 e. The number of nitrogens with zero attached hydrogens (tertiary/aromatic N) is 1. The van der Waals surface area contributed by atoms with Gasteiger partial charge in [-0.25, -0.2) is 0 Å². The summed E-state index contributed by atoms with van der Waals surface area (Å²) in [6.45, 7) is 1.57. The number of aromatic nitrogens is 1. The minimum atomic E-state index is -1.09. The van der Waals surface area contributed by atoms with E-state index in [-0.39, 0.29) is 5.75 Å². The van der Waals surface area contributed by atoms with Crippen molar-refractivity contribution >= 4 is 16.8 Å². The Morgan fingerprint density at radius 1 is 1.56 bits per heavy atom. The molecule has 88 valence electrons. The molecular weight excluding hydrogens is 226 g/mol. The van der Waals surface area contributed by atoms with Crippen molar-refractivity contribution in [2.45, 2.75) is 13.3 Å². The van der Waals surface area contributed by atoms with Gasteiger partial charge < -0.3 is 5.11 Å². The molecule has 0 saturated heterocycles. The number of hydrogen-bond donors (Lipinski definition) is 1. The molecule has 1 rings (SSSR count). The standard InChI is InChI=1S/C11H15NO3S/c1-9(11(13)14)8-16(15)7-5-10-4-2-3-6-12-10/h2-4,6,9H,5,7-8H2,1H3,(H,13,14). The summed E-state index contributed by atoms with van der Waals surface area (Å²) in [7, 11) is -1.09. The second-order valence-corrected chi connectivity index (χ2v) is 5.24. The van der Waals surface area contributed by atoms with Gasteiger partial charge in [-0.1, -0.05) is 13.0 Å². The van der Waals surface area contributed by atoms with Gasteiger partial charge in [0.2, 0.25) is 0 Å². The third-order valence-electron chi connectivity index (χ3n) is 2.17. The van der Waals surface area contributed by atoms with E-state index >= 15 is 0 Å². The molecule has 0 aliphatic rings. The highest BCUT2D eigenvalue weighted by molar-refractivity contribution is 7.85. The second-order valence-electron chi connectivity index (χ2n) is 3.62. The van der Waals surface area contributed by atoms with Gasteiger partial charge in [-0.3, -0.25) is 14.0 Å². The normalized spacial score (nSPS) is 14.3. The summed E-state index contributed by atoms with van der Waals surface area (Å²) in [4.78, 5) is 14.7. The Labute approximate surface area is 97.2 Å². The van der Waals surface area contributed by atoms with E-state index in [9.17, 15) is 9.00 Å². The fourth-order valence-corrected chi connectivity index (χ4v) is 2.50. The number of carboxylic acids is 1. The molecule has 0 aliphatic heterocycles. The van der Waals surface area contributed by atoms with E-state index in [2.05, 4.69) is 4.98 Å². The molecule has 2 unspecified atom stereocenters. The van der Waals surface area contributed by atoms with Crippen LogP contribution in [-0.2, 0) is 22.0 Å². The van der Waals surface area contributed by atoms with E-state index in [1.54, 1.807) is 13.1 Å². The fraction of sp³-hybridized carbons (Fsp3) is 0.455. The maximum absolute atomic E-state index is 11.6. The van der Waals surface area contributed by atoms with Crippen molar-refractivity contribution < 1.29 is 14.1 Å². The van der Waals surface area contributed by atoms with Gasteiger partial charge in [0.05, 0.1) is 5.92 Å². The summed E-state index contributed by atoms with van der Waals surface area (Å²) < 4.78 is 11.6. The van der Waals surface area contributed by atoms with E-state index in [1.165, 1.54) is 0 Å². The van der Waals surface area contributed by atoms with Crippen LogP contribution in [0, 0.1) is 5.92 Å². The van der Waals surface area contributed by atoms with Crippen LogP contribution in [-0.4, -0.2) is 31.8 Å². The lowest BCUT2D eigenvalue weighted by Gasteiger charge is -2.05. The van der Waals surface area contributed by atoms with E-state index in [1.807, 2.05) is 18.2 Å². The minimum absolute atomic E-state index is 0.210. The SMILES string of the molecule is CC(CS(=O)CCc1ccccn1)C(=O)O. The lowest BCUT2D eigenvalue weighted by Crippen LogP contribution is -2.19. The second kappa shape index (κ2) is 6.37. The third kappa shape index (κ3) is 4.53. The van der Waals surface area contributed by atoms with Crippen molar-refractivity contribution in [2.24, 2.45) is 5.92 Å². The molecule has 0 aromatic carbocycles. The highest BCUT2D eigenvalue weighted by atomic mass is 32.2. The topological polar surface area (TPSA) is 67.3 Å². The van der Waals surface area contributed by atoms with E-state index in [0.717, 1.165) is 5.69 Å². The first-order chi connectivity index (χ1) is 7.59. The van der Waals surface area contributed by atoms with Crippen molar-refractivity contribution in [1.29, 1.82) is 0 Å². The average Bonchev–Trinajstić information content (AvgIpc) is 2.27. The van der Waals surface area contributed by atoms with E-state index in [0.29, 0.717) is 12.2 Å². The molecule has 0 bridgehead atoms. The summed E-state index contributed by atoms with van der Waals surface area (Å²) in [5.74, 6) is -0.771. The van der Waals surface area contributed by atoms with Crippen LogP contribution < -0.4 is 0 Å². The first-order valence-corrected chi connectivity index (χ1v) is 6.56. The van der Waals surface area contributed by atoms with Gasteiger partial charge in [-0.05, 0) is 12.1 Å². The van der Waals surface area contributed by atoms with Crippen LogP contribution in [0.15, 0.2) is 24.4 Å². The molecule has 16 heavy (non-hydrogen) atoms. The van der Waals surface area contributed by atoms with Gasteiger partial charge in [0, 0.05) is 40.6 Å². The Morgan fingerprint density at radius 3 is 2.88 bits per heavy atom. The van der Waals surface area contributed by atoms with Crippen LogP contribution in [0.3, 0.4) is 0 Å². The molecule has 1 aromatic heterocycles. The highest BCUT2D eigenvalue weighted by Crippen LogP contribution is 2.01. The lowest BCUT2D eigenvalue weighted by molar-refractivity contribution is -0.140. The quantitative estimate of drug-likeness (QED) is 0.809. The molecule has 2 atom stereocenters. The van der Waals surface area contributed by atoms with Gasteiger partial charge in [0.1, 0.15) is 0 Å². The zero-order valence-electron chi connectivity index (χ0n) is 9.13. The molecule has 0 amide bonds. The summed E-state index contributed by atoms with van der Waals surface area (Å²) in [6.07, 6.45) is 2.32. The number of carboxylic acid groups (broad SMARTS) is 1. The molecule has 0 saturated carbocycles. The summed E-state index contributed by atoms with van der Waals surface area (Å²) >= 11 is 0. The van der Waals surface area contributed by atoms with E-state index < -0.39 is 22.7 Å². The first-order valence-electron chi connectivity index (χ1n) is 5.07. The molecule has 5 heteroatoms. The van der Waals surface area contributed by atoms with Gasteiger partial charge in [0.25, 0.3) is 0 Å². The zero-order valence-corrected chi connectivity index (χ0v) is 9.94. The van der Waals surface area contributed by atoms with Crippen molar-refractivity contribution in [3.8, 4) is 0 Å². The molecule has 0 radical (unpaired) electrons. The number of rotatable bonds is 6. The molecule has 1 heterocycles. The molecule has 0 fully saturated rings. The zero-order chi connectivity index (χ0) is 12.0. The largest absolute Gasteiger partial charge is 0.481 e. The van der Waals surface area contributed by atoms with Crippen molar-refractivity contribution in [1.82, 2.24) is 4.98 Å². The van der Waals surface area contributed by atoms with Gasteiger partial charge in [0.15, 0.2) is 0 Å². The van der Waals surface area contributed by atoms with Crippen molar-refractivity contribution in [3.63, 3.8) is 0 Å². The molecule has 0 spiro atoms. The van der Waals surface area contributed by atoms with Crippen molar-refractivity contribution in [2.75, 3.05) is 11.5 Å². The minimum Gasteiger partial charge on any atom is -0.481 e. The molecule has 1 aromatic rings. The molecule has 0 aliphatic carbocycles. The lowest BCUT2D eigenvalue weighted by atomic mass is 10.2. The summed E-state index contributed by atoms with van der Waals surface area (Å²) in [5, 5.41) is 8.67. The van der Waals surface area contributed by atoms with Gasteiger partial charge >= 0.3 is 5.97 Å². The van der Waals surface area contributed by atoms with Gasteiger partial charge in [-0.15, -0.1) is 0 Å². The molecular formula is C11H15NO3S. The average molecular weight is 241 g/mol. The van der Waals surface area contributed by atoms with Gasteiger partial charge in [-0.2, -0.15) is 0 Å². The van der Waals surface area contributed by atoms with Crippen LogP contribution >= 0.6 is 0 Å². The number of hydrogen-bond acceptors (Lipinski definition) is 3. The Balaban J connectivity index is 2.33. The van der Waals surface area contributed by atoms with Crippen LogP contribution in [0.5, 0.6) is 0 Å². The number of carbonyl (C=O) groups is 1. The number of aliphatic carboxylic acids is 1. The summed E-state index contributed by atoms with van der Waals surface area (Å²) in [5.41, 5.74) is 0.888. The predicted octanol–water partition coefficient (Wildman–Crippen LogP) is 1.09. The Morgan fingerprint density at radius 2 is 2.31 bits per heavy atom. The Bertz CT molecular complexity index is 367. The first kappa shape index (κ1) is 12.8. The van der Waals surface area contributed by atoms with Crippen LogP contribution in [0.25, 0.3) is 0 Å². The van der Waals surface area contributed by atoms with E-state index in [4.69, 9.17) is 5.11 Å². The third-order valence-corrected chi connectivity index (χ3v) is 3.70. The van der Waals surface area contributed by atoms with Crippen LogP contribution in [0.2, 0.25) is 0 Å². The Kier molecular flexibility index (Phi) is 5.11. The van der Waals surface area contributed by atoms with Crippen LogP contribution in [0.4, 0.5) is 0 Å². The predicted molar refractivity (Wildman–Crippen MR) is 62.6 cm³/mol. The van der Waals surface area contributed by atoms with Crippen molar-refractivity contribution in [3.05, 3.63) is 30.1 Å². The molecule has 1 N–H and O–H groups in total. The number of pyridine rings is 1. The maximum atomic E-state index is 11.6. The highest BCUT2D eigenvalue weighted by Gasteiger charge is 2.14. The molecule has 4 nitrogen and oxygen atoms in total. The van der Waals surface area contributed by atoms with Crippen LogP contribution in [0.1, 0.15) is 12.6 Å². The fourth-order valence-electron chi connectivity index (χ4n) is 1.20. The Hall–Kier alpha value is -1.23.